The van der Waals surface area contributed by atoms with Gasteiger partial charge < -0.3 is 19.1 Å². The normalized spacial score (nSPS) is 11.0. The maximum atomic E-state index is 11.4. The van der Waals surface area contributed by atoms with Crippen LogP contribution in [0.3, 0.4) is 0 Å². The number of carboxylic acids is 1. The Kier molecular flexibility index (Phi) is 6.40. The standard InChI is InChI=1S/C26H25NO5/c1-18(28)15-19-7-9-20(10-8-19)31-13-4-14-32-21-11-12-23-22-5-2-3-6-24(22)27(17-26(29)30)25(23)16-21/h2-3,5-12,16H,4,13-15,17H2,1H3,(H,29,30). The fourth-order valence-electron chi connectivity index (χ4n) is 3.85. The van der Waals surface area contributed by atoms with Crippen molar-refractivity contribution in [2.75, 3.05) is 13.2 Å². The number of hydrogen-bond donors (Lipinski definition) is 1. The molecule has 1 aromatic heterocycles. The number of carboxylic acid groups (broad SMARTS) is 1. The molecule has 0 saturated carbocycles. The summed E-state index contributed by atoms with van der Waals surface area (Å²) in [6.45, 7) is 2.46. The topological polar surface area (TPSA) is 77.8 Å². The molecule has 0 fully saturated rings. The van der Waals surface area contributed by atoms with Crippen molar-refractivity contribution in [1.29, 1.82) is 0 Å². The summed E-state index contributed by atoms with van der Waals surface area (Å²) >= 11 is 0. The van der Waals surface area contributed by atoms with Gasteiger partial charge in [-0.25, -0.2) is 0 Å². The predicted molar refractivity (Wildman–Crippen MR) is 124 cm³/mol. The smallest absolute Gasteiger partial charge is 0.323 e. The molecule has 3 aromatic carbocycles. The third kappa shape index (κ3) is 4.91. The molecule has 1 N–H and O–H groups in total. The number of aromatic nitrogens is 1. The van der Waals surface area contributed by atoms with Gasteiger partial charge in [-0.2, -0.15) is 0 Å². The number of fused-ring (bicyclic) bond motifs is 3. The number of aliphatic carboxylic acids is 1. The molecule has 32 heavy (non-hydrogen) atoms. The number of Topliss-reactive ketones (excluding diaryl/α,β-unsaturated/α-hetero) is 1. The van der Waals surface area contributed by atoms with Gasteiger partial charge in [-0.15, -0.1) is 0 Å². The van der Waals surface area contributed by atoms with E-state index in [2.05, 4.69) is 0 Å². The predicted octanol–water partition coefficient (Wildman–Crippen LogP) is 4.86. The van der Waals surface area contributed by atoms with Crippen LogP contribution in [0.1, 0.15) is 18.9 Å². The van der Waals surface area contributed by atoms with Crippen molar-refractivity contribution in [2.24, 2.45) is 0 Å². The van der Waals surface area contributed by atoms with Crippen LogP contribution in [-0.4, -0.2) is 34.6 Å². The highest BCUT2D eigenvalue weighted by Gasteiger charge is 2.13. The lowest BCUT2D eigenvalue weighted by Crippen LogP contribution is -2.08. The molecule has 4 rings (SSSR count). The second kappa shape index (κ2) is 9.56. The van der Waals surface area contributed by atoms with E-state index in [4.69, 9.17) is 9.47 Å². The van der Waals surface area contributed by atoms with Crippen molar-refractivity contribution >= 4 is 33.6 Å². The van der Waals surface area contributed by atoms with Gasteiger partial charge in [-0.1, -0.05) is 30.3 Å². The van der Waals surface area contributed by atoms with Crippen molar-refractivity contribution in [3.8, 4) is 11.5 Å². The van der Waals surface area contributed by atoms with E-state index >= 15 is 0 Å². The van der Waals surface area contributed by atoms with Gasteiger partial charge in [0.25, 0.3) is 0 Å². The number of ether oxygens (including phenoxy) is 2. The molecule has 0 aliphatic carbocycles. The van der Waals surface area contributed by atoms with Crippen LogP contribution in [-0.2, 0) is 22.6 Å². The summed E-state index contributed by atoms with van der Waals surface area (Å²) in [4.78, 5) is 22.6. The number of para-hydroxylation sites is 1. The zero-order valence-corrected chi connectivity index (χ0v) is 17.9. The maximum absolute atomic E-state index is 11.4. The van der Waals surface area contributed by atoms with Crippen molar-refractivity contribution in [3.05, 3.63) is 72.3 Å². The highest BCUT2D eigenvalue weighted by molar-refractivity contribution is 6.08. The summed E-state index contributed by atoms with van der Waals surface area (Å²) in [5.41, 5.74) is 2.71. The second-order valence-electron chi connectivity index (χ2n) is 7.75. The van der Waals surface area contributed by atoms with Crippen LogP contribution in [0.25, 0.3) is 21.8 Å². The highest BCUT2D eigenvalue weighted by atomic mass is 16.5. The van der Waals surface area contributed by atoms with Gasteiger partial charge in [0, 0.05) is 35.2 Å². The molecule has 0 spiro atoms. The van der Waals surface area contributed by atoms with Crippen LogP contribution in [0, 0.1) is 0 Å². The minimum atomic E-state index is -0.884. The molecule has 0 amide bonds. The van der Waals surface area contributed by atoms with Crippen LogP contribution >= 0.6 is 0 Å². The minimum absolute atomic E-state index is 0.105. The number of hydrogen-bond acceptors (Lipinski definition) is 4. The van der Waals surface area contributed by atoms with Gasteiger partial charge in [0.2, 0.25) is 0 Å². The average Bonchev–Trinajstić information content (AvgIpc) is 3.07. The summed E-state index contributed by atoms with van der Waals surface area (Å²) in [5, 5.41) is 11.4. The first-order valence-corrected chi connectivity index (χ1v) is 10.6. The number of benzene rings is 3. The Bertz CT molecular complexity index is 1260. The Balaban J connectivity index is 1.37. The summed E-state index contributed by atoms with van der Waals surface area (Å²) in [7, 11) is 0. The first-order valence-electron chi connectivity index (χ1n) is 10.6. The summed E-state index contributed by atoms with van der Waals surface area (Å²) in [6, 6.07) is 21.1. The minimum Gasteiger partial charge on any atom is -0.493 e. The molecule has 4 aromatic rings. The first-order chi connectivity index (χ1) is 15.5. The van der Waals surface area contributed by atoms with E-state index in [-0.39, 0.29) is 12.3 Å². The van der Waals surface area contributed by atoms with E-state index in [1.165, 1.54) is 0 Å². The van der Waals surface area contributed by atoms with E-state index in [0.717, 1.165) is 33.1 Å². The van der Waals surface area contributed by atoms with Gasteiger partial charge in [0.15, 0.2) is 0 Å². The van der Waals surface area contributed by atoms with Crippen molar-refractivity contribution < 1.29 is 24.2 Å². The third-order valence-electron chi connectivity index (χ3n) is 5.24. The molecule has 0 atom stereocenters. The summed E-state index contributed by atoms with van der Waals surface area (Å²) in [5.74, 6) is 0.709. The van der Waals surface area contributed by atoms with Crippen molar-refractivity contribution in [3.63, 3.8) is 0 Å². The van der Waals surface area contributed by atoms with Gasteiger partial charge in [0.05, 0.1) is 18.7 Å². The van der Waals surface area contributed by atoms with E-state index < -0.39 is 5.97 Å². The molecule has 6 heteroatoms. The number of carbonyl (C=O) groups is 2. The average molecular weight is 431 g/mol. The molecule has 0 bridgehead atoms. The quantitative estimate of drug-likeness (QED) is 0.363. The highest BCUT2D eigenvalue weighted by Crippen LogP contribution is 2.31. The zero-order valence-electron chi connectivity index (χ0n) is 17.9. The largest absolute Gasteiger partial charge is 0.493 e. The van der Waals surface area contributed by atoms with Crippen molar-refractivity contribution in [2.45, 2.75) is 26.3 Å². The Morgan fingerprint density at radius 1 is 0.844 bits per heavy atom. The van der Waals surface area contributed by atoms with E-state index in [1.54, 1.807) is 11.5 Å². The number of nitrogens with zero attached hydrogens (tertiary/aromatic N) is 1. The molecule has 0 radical (unpaired) electrons. The Hall–Kier alpha value is -3.80. The van der Waals surface area contributed by atoms with E-state index in [9.17, 15) is 14.7 Å². The van der Waals surface area contributed by atoms with Crippen LogP contribution in [0.5, 0.6) is 11.5 Å². The molecular weight excluding hydrogens is 406 g/mol. The first kappa shape index (κ1) is 21.4. The Labute approximate surface area is 186 Å². The molecule has 0 saturated heterocycles. The van der Waals surface area contributed by atoms with Crippen LogP contribution in [0.2, 0.25) is 0 Å². The lowest BCUT2D eigenvalue weighted by Gasteiger charge is -2.09. The lowest BCUT2D eigenvalue weighted by molar-refractivity contribution is -0.137. The molecule has 0 aliphatic heterocycles. The van der Waals surface area contributed by atoms with Gasteiger partial charge in [-0.3, -0.25) is 9.59 Å². The maximum Gasteiger partial charge on any atom is 0.323 e. The summed E-state index contributed by atoms with van der Waals surface area (Å²) in [6.07, 6.45) is 1.13. The zero-order chi connectivity index (χ0) is 22.5. The van der Waals surface area contributed by atoms with Crippen LogP contribution < -0.4 is 9.47 Å². The fourth-order valence-corrected chi connectivity index (χ4v) is 3.85. The van der Waals surface area contributed by atoms with E-state index in [0.29, 0.717) is 31.8 Å². The molecule has 1 heterocycles. The SMILES string of the molecule is CC(=O)Cc1ccc(OCCCOc2ccc3c4ccccc4n(CC(=O)O)c3c2)cc1. The molecule has 0 aliphatic rings. The second-order valence-corrected chi connectivity index (χ2v) is 7.75. The monoisotopic (exact) mass is 431 g/mol. The number of rotatable bonds is 10. The summed E-state index contributed by atoms with van der Waals surface area (Å²) < 4.78 is 13.4. The molecular formula is C26H25NO5. The van der Waals surface area contributed by atoms with Crippen LogP contribution in [0.15, 0.2) is 66.7 Å². The number of carbonyl (C=O) groups excluding carboxylic acids is 1. The molecule has 164 valence electrons. The van der Waals surface area contributed by atoms with Gasteiger partial charge in [-0.05, 0) is 42.8 Å². The Morgan fingerprint density at radius 3 is 2.22 bits per heavy atom. The van der Waals surface area contributed by atoms with Crippen LogP contribution in [0.4, 0.5) is 0 Å². The lowest BCUT2D eigenvalue weighted by atomic mass is 10.1. The Morgan fingerprint density at radius 2 is 1.50 bits per heavy atom. The fraction of sp³-hybridized carbons (Fsp3) is 0.231. The van der Waals surface area contributed by atoms with Crippen molar-refractivity contribution in [1.82, 2.24) is 4.57 Å². The van der Waals surface area contributed by atoms with Gasteiger partial charge in [0.1, 0.15) is 23.8 Å². The molecule has 0 unspecified atom stereocenters. The molecule has 6 nitrogen and oxygen atoms in total. The van der Waals surface area contributed by atoms with Gasteiger partial charge >= 0.3 is 5.97 Å². The third-order valence-corrected chi connectivity index (χ3v) is 5.24. The number of ketones is 1. The van der Waals surface area contributed by atoms with E-state index in [1.807, 2.05) is 66.7 Å².